The molecule has 2 N–H and O–H groups in total. The number of halogens is 1. The molecule has 0 saturated carbocycles. The molecule has 1 unspecified atom stereocenters. The number of amides is 2. The van der Waals surface area contributed by atoms with E-state index >= 15 is 0 Å². The fourth-order valence-corrected chi connectivity index (χ4v) is 2.86. The van der Waals surface area contributed by atoms with Gasteiger partial charge in [0.1, 0.15) is 12.6 Å². The minimum absolute atomic E-state index is 0.121. The molecule has 1 atom stereocenters. The Balaban J connectivity index is 2.04. The lowest BCUT2D eigenvalue weighted by Gasteiger charge is -2.20. The van der Waals surface area contributed by atoms with E-state index < -0.39 is 17.9 Å². The van der Waals surface area contributed by atoms with Crippen molar-refractivity contribution >= 4 is 29.6 Å². The van der Waals surface area contributed by atoms with Gasteiger partial charge in [-0.1, -0.05) is 43.5 Å². The van der Waals surface area contributed by atoms with Crippen LogP contribution in [0.3, 0.4) is 0 Å². The maximum atomic E-state index is 12.6. The van der Waals surface area contributed by atoms with E-state index in [1.165, 1.54) is 13.3 Å². The number of nitrogens with zero attached hydrogens (tertiary/aromatic N) is 1. The van der Waals surface area contributed by atoms with Crippen LogP contribution in [0.15, 0.2) is 47.6 Å². The SMILES string of the molecule is C#CCOc1ccc(/C=N\NC(=O)C(NC(=O)c2ccccc2Cl)C(C)C)cc1OC. The number of methoxy groups -OCH3 is 1. The van der Waals surface area contributed by atoms with Crippen molar-refractivity contribution in [1.29, 1.82) is 0 Å². The smallest absolute Gasteiger partial charge is 0.262 e. The Bertz CT molecular complexity index is 999. The third kappa shape index (κ3) is 6.76. The number of hydrogen-bond acceptors (Lipinski definition) is 5. The monoisotopic (exact) mass is 441 g/mol. The molecule has 31 heavy (non-hydrogen) atoms. The molecule has 162 valence electrons. The highest BCUT2D eigenvalue weighted by molar-refractivity contribution is 6.33. The first-order valence-corrected chi connectivity index (χ1v) is 9.87. The van der Waals surface area contributed by atoms with Gasteiger partial charge in [0.2, 0.25) is 0 Å². The van der Waals surface area contributed by atoms with Gasteiger partial charge in [-0.05, 0) is 41.8 Å². The number of rotatable bonds is 9. The van der Waals surface area contributed by atoms with Gasteiger partial charge in [-0.15, -0.1) is 6.42 Å². The van der Waals surface area contributed by atoms with Crippen LogP contribution in [-0.4, -0.2) is 37.8 Å². The highest BCUT2D eigenvalue weighted by atomic mass is 35.5. The zero-order chi connectivity index (χ0) is 22.8. The van der Waals surface area contributed by atoms with Crippen molar-refractivity contribution in [3.05, 3.63) is 58.6 Å². The maximum absolute atomic E-state index is 12.6. The van der Waals surface area contributed by atoms with Crippen LogP contribution in [0.4, 0.5) is 0 Å². The van der Waals surface area contributed by atoms with Gasteiger partial charge in [0.15, 0.2) is 11.5 Å². The molecular weight excluding hydrogens is 418 g/mol. The van der Waals surface area contributed by atoms with Crippen molar-refractivity contribution in [3.8, 4) is 23.8 Å². The highest BCUT2D eigenvalue weighted by Gasteiger charge is 2.25. The number of ether oxygens (including phenoxy) is 2. The summed E-state index contributed by atoms with van der Waals surface area (Å²) >= 11 is 6.06. The van der Waals surface area contributed by atoms with Crippen LogP contribution in [0.5, 0.6) is 11.5 Å². The predicted molar refractivity (Wildman–Crippen MR) is 121 cm³/mol. The summed E-state index contributed by atoms with van der Waals surface area (Å²) in [5.41, 5.74) is 3.42. The second kappa shape index (κ2) is 11.6. The Kier molecular flexibility index (Phi) is 8.92. The normalized spacial score (nSPS) is 11.6. The third-order valence-electron chi connectivity index (χ3n) is 4.24. The summed E-state index contributed by atoms with van der Waals surface area (Å²) in [6, 6.07) is 11.0. The first kappa shape index (κ1) is 23.8. The Morgan fingerprint density at radius 3 is 2.61 bits per heavy atom. The van der Waals surface area contributed by atoms with Crippen molar-refractivity contribution in [2.45, 2.75) is 19.9 Å². The molecule has 7 nitrogen and oxygen atoms in total. The maximum Gasteiger partial charge on any atom is 0.262 e. The van der Waals surface area contributed by atoms with E-state index in [0.29, 0.717) is 27.6 Å². The molecule has 0 aromatic heterocycles. The summed E-state index contributed by atoms with van der Waals surface area (Å²) in [7, 11) is 1.51. The van der Waals surface area contributed by atoms with E-state index in [-0.39, 0.29) is 12.5 Å². The van der Waals surface area contributed by atoms with Crippen LogP contribution in [0.25, 0.3) is 0 Å². The molecule has 2 amide bonds. The van der Waals surface area contributed by atoms with E-state index in [4.69, 9.17) is 27.5 Å². The highest BCUT2D eigenvalue weighted by Crippen LogP contribution is 2.27. The Morgan fingerprint density at radius 1 is 1.23 bits per heavy atom. The van der Waals surface area contributed by atoms with E-state index in [1.807, 2.05) is 13.8 Å². The molecule has 0 aliphatic rings. The number of benzene rings is 2. The van der Waals surface area contributed by atoms with E-state index in [2.05, 4.69) is 21.8 Å². The molecule has 0 heterocycles. The van der Waals surface area contributed by atoms with Crippen LogP contribution in [-0.2, 0) is 4.79 Å². The van der Waals surface area contributed by atoms with Gasteiger partial charge in [-0.3, -0.25) is 9.59 Å². The summed E-state index contributed by atoms with van der Waals surface area (Å²) < 4.78 is 10.7. The van der Waals surface area contributed by atoms with Crippen molar-refractivity contribution in [2.24, 2.45) is 11.0 Å². The first-order chi connectivity index (χ1) is 14.9. The van der Waals surface area contributed by atoms with Gasteiger partial charge in [0.25, 0.3) is 11.8 Å². The van der Waals surface area contributed by atoms with Crippen molar-refractivity contribution in [3.63, 3.8) is 0 Å². The second-order valence-corrected chi connectivity index (χ2v) is 7.22. The molecule has 0 radical (unpaired) electrons. The van der Waals surface area contributed by atoms with Crippen LogP contribution in [0.1, 0.15) is 29.8 Å². The molecule has 0 bridgehead atoms. The lowest BCUT2D eigenvalue weighted by Crippen LogP contribution is -2.48. The minimum Gasteiger partial charge on any atom is -0.493 e. The number of hydrazone groups is 1. The summed E-state index contributed by atoms with van der Waals surface area (Å²) in [6.45, 7) is 3.76. The lowest BCUT2D eigenvalue weighted by molar-refractivity contribution is -0.123. The summed E-state index contributed by atoms with van der Waals surface area (Å²) in [5.74, 6) is 2.32. The third-order valence-corrected chi connectivity index (χ3v) is 4.57. The van der Waals surface area contributed by atoms with E-state index in [0.717, 1.165) is 0 Å². The number of terminal acetylenes is 1. The summed E-state index contributed by atoms with van der Waals surface area (Å²) in [4.78, 5) is 25.1. The Labute approximate surface area is 186 Å². The topological polar surface area (TPSA) is 89.0 Å². The van der Waals surface area contributed by atoms with Crippen molar-refractivity contribution in [2.75, 3.05) is 13.7 Å². The second-order valence-electron chi connectivity index (χ2n) is 6.81. The Morgan fingerprint density at radius 2 is 1.97 bits per heavy atom. The van der Waals surface area contributed by atoms with Gasteiger partial charge in [0, 0.05) is 0 Å². The van der Waals surface area contributed by atoms with Gasteiger partial charge in [0.05, 0.1) is 23.9 Å². The minimum atomic E-state index is -0.796. The summed E-state index contributed by atoms with van der Waals surface area (Å²) in [6.07, 6.45) is 6.65. The average molecular weight is 442 g/mol. The quantitative estimate of drug-likeness (QED) is 0.355. The van der Waals surface area contributed by atoms with Crippen molar-refractivity contribution in [1.82, 2.24) is 10.7 Å². The number of nitrogens with one attached hydrogen (secondary N) is 2. The zero-order valence-corrected chi connectivity index (χ0v) is 18.3. The lowest BCUT2D eigenvalue weighted by atomic mass is 10.0. The number of hydrogen-bond donors (Lipinski definition) is 2. The molecule has 0 aliphatic heterocycles. The molecule has 0 spiro atoms. The zero-order valence-electron chi connectivity index (χ0n) is 17.5. The largest absolute Gasteiger partial charge is 0.493 e. The van der Waals surface area contributed by atoms with E-state index in [9.17, 15) is 9.59 Å². The summed E-state index contributed by atoms with van der Waals surface area (Å²) in [5, 5.41) is 6.99. The first-order valence-electron chi connectivity index (χ1n) is 9.50. The standard InChI is InChI=1S/C23H24ClN3O4/c1-5-12-31-19-11-10-16(13-20(19)30-4)14-25-27-23(29)21(15(2)3)26-22(28)17-8-6-7-9-18(17)24/h1,6-11,13-15,21H,12H2,2-4H3,(H,26,28)(H,27,29)/b25-14-. The molecule has 0 fully saturated rings. The molecule has 2 aromatic carbocycles. The van der Waals surface area contributed by atoms with Crippen molar-refractivity contribution < 1.29 is 19.1 Å². The van der Waals surface area contributed by atoms with Gasteiger partial charge < -0.3 is 14.8 Å². The molecule has 0 aliphatic carbocycles. The van der Waals surface area contributed by atoms with Crippen LogP contribution < -0.4 is 20.2 Å². The fraction of sp³-hybridized carbons (Fsp3) is 0.261. The molecular formula is C23H24ClN3O4. The van der Waals surface area contributed by atoms with Gasteiger partial charge >= 0.3 is 0 Å². The van der Waals surface area contributed by atoms with Crippen LogP contribution >= 0.6 is 11.6 Å². The van der Waals surface area contributed by atoms with Gasteiger partial charge in [-0.2, -0.15) is 5.10 Å². The molecule has 2 rings (SSSR count). The van der Waals surface area contributed by atoms with Crippen LogP contribution in [0, 0.1) is 18.3 Å². The van der Waals surface area contributed by atoms with Crippen LogP contribution in [0.2, 0.25) is 5.02 Å². The number of carbonyl (C=O) groups excluding carboxylic acids is 2. The van der Waals surface area contributed by atoms with Gasteiger partial charge in [-0.25, -0.2) is 5.43 Å². The van der Waals surface area contributed by atoms with E-state index in [1.54, 1.807) is 42.5 Å². The Hall–Kier alpha value is -3.50. The molecule has 0 saturated heterocycles. The number of carbonyl (C=O) groups is 2. The molecule has 8 heteroatoms. The average Bonchev–Trinajstić information content (AvgIpc) is 2.76. The fourth-order valence-electron chi connectivity index (χ4n) is 2.64. The predicted octanol–water partition coefficient (Wildman–Crippen LogP) is 3.27. The molecule has 2 aromatic rings.